The third-order valence-electron chi connectivity index (χ3n) is 6.61. The summed E-state index contributed by atoms with van der Waals surface area (Å²) in [7, 11) is 0. The van der Waals surface area contributed by atoms with Crippen molar-refractivity contribution in [1.29, 1.82) is 0 Å². The lowest BCUT2D eigenvalue weighted by Crippen LogP contribution is -2.46. The van der Waals surface area contributed by atoms with E-state index in [4.69, 9.17) is 16.3 Å². The molecular weight excluding hydrogens is 432 g/mol. The molecule has 0 aromatic heterocycles. The Morgan fingerprint density at radius 2 is 1.62 bits per heavy atom. The van der Waals surface area contributed by atoms with Gasteiger partial charge in [0.2, 0.25) is 11.8 Å². The van der Waals surface area contributed by atoms with Gasteiger partial charge < -0.3 is 4.74 Å². The average Bonchev–Trinajstić information content (AvgIpc) is 3.41. The fourth-order valence-electron chi connectivity index (χ4n) is 5.38. The SMILES string of the molecule is CC(=O)Oc1ccc(N2C(=O)[C@@H]3[C@H](C2=O)[C@H](C(=O)c2ccc(Cl)cc2)N2CCC[C@H]32)cc1. The number of ketones is 1. The molecule has 0 radical (unpaired) electrons. The van der Waals surface area contributed by atoms with Crippen molar-refractivity contribution in [2.24, 2.45) is 11.8 Å². The predicted octanol–water partition coefficient (Wildman–Crippen LogP) is 3.10. The molecule has 3 saturated heterocycles. The number of nitrogens with zero attached hydrogens (tertiary/aromatic N) is 2. The summed E-state index contributed by atoms with van der Waals surface area (Å²) < 4.78 is 5.03. The summed E-state index contributed by atoms with van der Waals surface area (Å²) in [5, 5.41) is 0.528. The van der Waals surface area contributed by atoms with Crippen LogP contribution in [-0.4, -0.2) is 47.1 Å². The van der Waals surface area contributed by atoms with Gasteiger partial charge in [0.25, 0.3) is 0 Å². The van der Waals surface area contributed by atoms with Gasteiger partial charge in [0, 0.05) is 23.6 Å². The zero-order valence-electron chi connectivity index (χ0n) is 17.4. The first kappa shape index (κ1) is 20.8. The number of halogens is 1. The fourth-order valence-corrected chi connectivity index (χ4v) is 5.51. The zero-order valence-corrected chi connectivity index (χ0v) is 18.1. The standard InChI is InChI=1S/C24H21ClN2O5/c1-13(28)32-17-10-8-16(9-11-17)27-23(30)19-18-3-2-12-26(18)21(20(19)24(27)31)22(29)14-4-6-15(25)7-5-14/h4-11,18-21H,2-3,12H2,1H3/t18-,19+,20+,21-/m1/s1. The number of carbonyl (C=O) groups excluding carboxylic acids is 4. The maximum absolute atomic E-state index is 13.5. The van der Waals surface area contributed by atoms with Gasteiger partial charge in [-0.05, 0) is 67.9 Å². The number of amides is 2. The normalized spacial score (nSPS) is 26.9. The fraction of sp³-hybridized carbons (Fsp3) is 0.333. The largest absolute Gasteiger partial charge is 0.427 e. The lowest BCUT2D eigenvalue weighted by molar-refractivity contribution is -0.132. The molecular formula is C24H21ClN2O5. The highest BCUT2D eigenvalue weighted by Crippen LogP contribution is 2.48. The zero-order chi connectivity index (χ0) is 22.6. The Labute approximate surface area is 189 Å². The molecule has 0 unspecified atom stereocenters. The summed E-state index contributed by atoms with van der Waals surface area (Å²) in [4.78, 5) is 54.8. The summed E-state index contributed by atoms with van der Waals surface area (Å²) in [6, 6.07) is 12.1. The summed E-state index contributed by atoms with van der Waals surface area (Å²) in [6.07, 6.45) is 1.67. The number of ether oxygens (including phenoxy) is 1. The van der Waals surface area contributed by atoms with Crippen LogP contribution in [0.15, 0.2) is 48.5 Å². The highest BCUT2D eigenvalue weighted by Gasteiger charge is 2.64. The number of hydrogen-bond donors (Lipinski definition) is 0. The Kier molecular flexibility index (Phi) is 5.10. The maximum atomic E-state index is 13.5. The molecule has 3 heterocycles. The number of imide groups is 1. The van der Waals surface area contributed by atoms with Crippen LogP contribution < -0.4 is 9.64 Å². The van der Waals surface area contributed by atoms with Crippen molar-refractivity contribution < 1.29 is 23.9 Å². The summed E-state index contributed by atoms with van der Waals surface area (Å²) in [5.74, 6) is -2.17. The molecule has 2 aromatic rings. The van der Waals surface area contributed by atoms with Crippen LogP contribution in [0.1, 0.15) is 30.1 Å². The topological polar surface area (TPSA) is 84.0 Å². The Morgan fingerprint density at radius 1 is 0.969 bits per heavy atom. The Balaban J connectivity index is 1.48. The predicted molar refractivity (Wildman–Crippen MR) is 117 cm³/mol. The number of esters is 1. The van der Waals surface area contributed by atoms with Crippen molar-refractivity contribution >= 4 is 40.9 Å². The molecule has 2 aromatic carbocycles. The molecule has 164 valence electrons. The molecule has 2 amide bonds. The van der Waals surface area contributed by atoms with Crippen LogP contribution in [0.2, 0.25) is 5.02 Å². The molecule has 0 N–H and O–H groups in total. The van der Waals surface area contributed by atoms with E-state index >= 15 is 0 Å². The Bertz CT molecular complexity index is 1110. The number of hydrogen-bond acceptors (Lipinski definition) is 6. The minimum absolute atomic E-state index is 0.122. The molecule has 5 rings (SSSR count). The van der Waals surface area contributed by atoms with Crippen LogP contribution in [-0.2, 0) is 14.4 Å². The van der Waals surface area contributed by atoms with Crippen molar-refractivity contribution in [2.75, 3.05) is 11.4 Å². The van der Waals surface area contributed by atoms with E-state index in [9.17, 15) is 19.2 Å². The van der Waals surface area contributed by atoms with E-state index in [2.05, 4.69) is 0 Å². The molecule has 0 spiro atoms. The lowest BCUT2D eigenvalue weighted by Gasteiger charge is -2.27. The minimum Gasteiger partial charge on any atom is -0.427 e. The molecule has 7 nitrogen and oxygen atoms in total. The average molecular weight is 453 g/mol. The van der Waals surface area contributed by atoms with E-state index < -0.39 is 23.8 Å². The molecule has 8 heteroatoms. The third kappa shape index (κ3) is 3.24. The number of rotatable bonds is 4. The third-order valence-corrected chi connectivity index (χ3v) is 6.86. The van der Waals surface area contributed by atoms with E-state index in [-0.39, 0.29) is 23.6 Å². The molecule has 32 heavy (non-hydrogen) atoms. The molecule has 0 aliphatic carbocycles. The van der Waals surface area contributed by atoms with Crippen LogP contribution in [0, 0.1) is 11.8 Å². The maximum Gasteiger partial charge on any atom is 0.308 e. The number of fused-ring (bicyclic) bond motifs is 3. The van der Waals surface area contributed by atoms with E-state index in [1.54, 1.807) is 48.5 Å². The van der Waals surface area contributed by atoms with Crippen molar-refractivity contribution in [3.05, 3.63) is 59.1 Å². The van der Waals surface area contributed by atoms with Crippen LogP contribution in [0.4, 0.5) is 5.69 Å². The van der Waals surface area contributed by atoms with Gasteiger partial charge in [-0.3, -0.25) is 24.1 Å². The van der Waals surface area contributed by atoms with Gasteiger partial charge in [0.1, 0.15) is 5.75 Å². The molecule has 0 bridgehead atoms. The van der Waals surface area contributed by atoms with Crippen LogP contribution in [0.3, 0.4) is 0 Å². The van der Waals surface area contributed by atoms with Gasteiger partial charge in [-0.25, -0.2) is 4.90 Å². The monoisotopic (exact) mass is 452 g/mol. The van der Waals surface area contributed by atoms with Gasteiger partial charge in [0.15, 0.2) is 5.78 Å². The first-order valence-electron chi connectivity index (χ1n) is 10.6. The summed E-state index contributed by atoms with van der Waals surface area (Å²) in [6.45, 7) is 1.99. The van der Waals surface area contributed by atoms with Crippen LogP contribution >= 0.6 is 11.6 Å². The van der Waals surface area contributed by atoms with Gasteiger partial charge in [-0.15, -0.1) is 0 Å². The molecule has 3 aliphatic heterocycles. The van der Waals surface area contributed by atoms with Crippen LogP contribution in [0.25, 0.3) is 0 Å². The Morgan fingerprint density at radius 3 is 2.28 bits per heavy atom. The lowest BCUT2D eigenvalue weighted by atomic mass is 9.85. The molecule has 0 saturated carbocycles. The van der Waals surface area contributed by atoms with Crippen molar-refractivity contribution in [3.8, 4) is 5.75 Å². The van der Waals surface area contributed by atoms with Gasteiger partial charge in [-0.1, -0.05) is 11.6 Å². The Hall–Kier alpha value is -3.03. The summed E-state index contributed by atoms with van der Waals surface area (Å²) >= 11 is 5.97. The van der Waals surface area contributed by atoms with Crippen molar-refractivity contribution in [3.63, 3.8) is 0 Å². The number of Topliss-reactive ketones (excluding diaryl/α,β-unsaturated/α-hetero) is 1. The number of benzene rings is 2. The van der Waals surface area contributed by atoms with E-state index in [0.29, 0.717) is 28.6 Å². The second kappa shape index (κ2) is 7.83. The van der Waals surface area contributed by atoms with Gasteiger partial charge in [0.05, 0.1) is 23.6 Å². The first-order valence-corrected chi connectivity index (χ1v) is 11.0. The highest BCUT2D eigenvalue weighted by atomic mass is 35.5. The smallest absolute Gasteiger partial charge is 0.308 e. The van der Waals surface area contributed by atoms with Gasteiger partial charge >= 0.3 is 5.97 Å². The number of anilines is 1. The van der Waals surface area contributed by atoms with E-state index in [1.807, 2.05) is 4.90 Å². The number of carbonyl (C=O) groups is 4. The second-order valence-electron chi connectivity index (χ2n) is 8.41. The first-order chi connectivity index (χ1) is 15.4. The second-order valence-corrected chi connectivity index (χ2v) is 8.85. The molecule has 3 aliphatic rings. The minimum atomic E-state index is -0.718. The van der Waals surface area contributed by atoms with Crippen molar-refractivity contribution in [1.82, 2.24) is 4.90 Å². The summed E-state index contributed by atoms with van der Waals surface area (Å²) in [5.41, 5.74) is 0.891. The van der Waals surface area contributed by atoms with Gasteiger partial charge in [-0.2, -0.15) is 0 Å². The quantitative estimate of drug-likeness (QED) is 0.307. The van der Waals surface area contributed by atoms with Crippen LogP contribution in [0.5, 0.6) is 5.75 Å². The van der Waals surface area contributed by atoms with E-state index in [1.165, 1.54) is 11.8 Å². The molecule has 4 atom stereocenters. The highest BCUT2D eigenvalue weighted by molar-refractivity contribution is 6.30. The van der Waals surface area contributed by atoms with E-state index in [0.717, 1.165) is 12.8 Å². The molecule has 3 fully saturated rings. The van der Waals surface area contributed by atoms with Crippen molar-refractivity contribution in [2.45, 2.75) is 31.8 Å².